The second kappa shape index (κ2) is 7.13. The first-order valence-corrected chi connectivity index (χ1v) is 9.96. The normalized spacial score (nSPS) is 15.6. The lowest BCUT2D eigenvalue weighted by Crippen LogP contribution is -2.32. The van der Waals surface area contributed by atoms with Crippen LogP contribution in [0.15, 0.2) is 65.6 Å². The second-order valence-corrected chi connectivity index (χ2v) is 7.09. The molecule has 3 heterocycles. The highest BCUT2D eigenvalue weighted by atomic mass is 16.5. The average molecular weight is 386 g/mol. The Morgan fingerprint density at radius 3 is 2.59 bits per heavy atom. The van der Waals surface area contributed by atoms with Crippen molar-refractivity contribution >= 4 is 11.3 Å². The van der Waals surface area contributed by atoms with Gasteiger partial charge >= 0.3 is 0 Å². The molecule has 1 aliphatic heterocycles. The van der Waals surface area contributed by atoms with Gasteiger partial charge in [-0.1, -0.05) is 18.2 Å². The third kappa shape index (κ3) is 2.97. The zero-order valence-corrected chi connectivity index (χ0v) is 16.3. The molecule has 6 heteroatoms. The zero-order valence-electron chi connectivity index (χ0n) is 16.3. The highest BCUT2D eigenvalue weighted by Gasteiger charge is 2.20. The predicted octanol–water partition coefficient (Wildman–Crippen LogP) is 2.76. The van der Waals surface area contributed by atoms with Crippen LogP contribution in [0.25, 0.3) is 28.3 Å². The molecule has 1 N–H and O–H groups in total. The van der Waals surface area contributed by atoms with Crippen LogP contribution in [0, 0.1) is 0 Å². The number of benzene rings is 2. The Morgan fingerprint density at radius 2 is 1.90 bits per heavy atom. The van der Waals surface area contributed by atoms with E-state index in [2.05, 4.69) is 5.32 Å². The van der Waals surface area contributed by atoms with Gasteiger partial charge in [-0.05, 0) is 56.2 Å². The molecular weight excluding hydrogens is 364 g/mol. The van der Waals surface area contributed by atoms with Crippen molar-refractivity contribution in [1.82, 2.24) is 19.5 Å². The van der Waals surface area contributed by atoms with Crippen LogP contribution in [0.1, 0.15) is 19.8 Å². The molecule has 2 aromatic carbocycles. The molecular formula is C23H22N4O2. The molecule has 0 saturated carbocycles. The summed E-state index contributed by atoms with van der Waals surface area (Å²) < 4.78 is 9.10. The monoisotopic (exact) mass is 386 g/mol. The van der Waals surface area contributed by atoms with Crippen molar-refractivity contribution in [3.8, 4) is 22.7 Å². The van der Waals surface area contributed by atoms with Crippen molar-refractivity contribution in [3.05, 3.63) is 76.4 Å². The first kappa shape index (κ1) is 17.6. The van der Waals surface area contributed by atoms with Crippen molar-refractivity contribution in [3.63, 3.8) is 0 Å². The van der Waals surface area contributed by atoms with Gasteiger partial charge in [-0.25, -0.2) is 14.2 Å². The maximum atomic E-state index is 13.3. The molecule has 6 nitrogen and oxygen atoms in total. The molecule has 1 fully saturated rings. The molecule has 0 radical (unpaired) electrons. The maximum absolute atomic E-state index is 13.3. The number of fused-ring (bicyclic) bond motifs is 1. The number of ether oxygens (including phenoxy) is 1. The summed E-state index contributed by atoms with van der Waals surface area (Å²) in [6, 6.07) is 17.6. The SMILES string of the molecule is CCOc1ccc(-c2cn3c(n2)c(=C2CCCN2)c(=O)n3-c2ccccc2)cc1. The number of hydrogen-bond donors (Lipinski definition) is 1. The topological polar surface area (TPSA) is 60.6 Å². The van der Waals surface area contributed by atoms with Crippen LogP contribution in [0.4, 0.5) is 0 Å². The van der Waals surface area contributed by atoms with Gasteiger partial charge in [0.25, 0.3) is 5.56 Å². The van der Waals surface area contributed by atoms with Gasteiger partial charge < -0.3 is 10.1 Å². The number of nitrogens with one attached hydrogen (secondary N) is 1. The lowest BCUT2D eigenvalue weighted by Gasteiger charge is -2.04. The highest BCUT2D eigenvalue weighted by Crippen LogP contribution is 2.22. The van der Waals surface area contributed by atoms with Gasteiger partial charge in [-0.15, -0.1) is 0 Å². The van der Waals surface area contributed by atoms with Gasteiger partial charge in [-0.2, -0.15) is 0 Å². The minimum atomic E-state index is -0.0404. The third-order valence-corrected chi connectivity index (χ3v) is 5.24. The summed E-state index contributed by atoms with van der Waals surface area (Å²) in [5, 5.41) is 4.04. The Balaban J connectivity index is 1.74. The molecule has 0 atom stereocenters. The van der Waals surface area contributed by atoms with Gasteiger partial charge in [0, 0.05) is 17.8 Å². The fourth-order valence-corrected chi connectivity index (χ4v) is 3.90. The van der Waals surface area contributed by atoms with Crippen LogP contribution in [0.5, 0.6) is 5.75 Å². The summed E-state index contributed by atoms with van der Waals surface area (Å²) in [6.07, 6.45) is 3.83. The Morgan fingerprint density at radius 1 is 1.10 bits per heavy atom. The van der Waals surface area contributed by atoms with E-state index in [9.17, 15) is 4.79 Å². The Hall–Kier alpha value is -3.54. The molecule has 0 amide bonds. The van der Waals surface area contributed by atoms with Crippen LogP contribution >= 0.6 is 0 Å². The van der Waals surface area contributed by atoms with Crippen molar-refractivity contribution in [2.24, 2.45) is 0 Å². The van der Waals surface area contributed by atoms with E-state index in [1.54, 1.807) is 4.68 Å². The minimum absolute atomic E-state index is 0.0404. The summed E-state index contributed by atoms with van der Waals surface area (Å²) in [5.41, 5.74) is 4.27. The quantitative estimate of drug-likeness (QED) is 0.586. The Labute approximate surface area is 168 Å². The van der Waals surface area contributed by atoms with Crippen molar-refractivity contribution in [1.29, 1.82) is 0 Å². The van der Waals surface area contributed by atoms with E-state index in [0.29, 0.717) is 17.5 Å². The van der Waals surface area contributed by atoms with Gasteiger partial charge in [-0.3, -0.25) is 4.79 Å². The molecule has 4 aromatic rings. The Bertz CT molecular complexity index is 1260. The van der Waals surface area contributed by atoms with Gasteiger partial charge in [0.2, 0.25) is 0 Å². The van der Waals surface area contributed by atoms with Crippen molar-refractivity contribution in [2.75, 3.05) is 13.2 Å². The van der Waals surface area contributed by atoms with Crippen LogP contribution in [-0.2, 0) is 0 Å². The molecule has 146 valence electrons. The molecule has 1 saturated heterocycles. The number of aromatic nitrogens is 3. The molecule has 5 rings (SSSR count). The fourth-order valence-electron chi connectivity index (χ4n) is 3.90. The summed E-state index contributed by atoms with van der Waals surface area (Å²) in [5.74, 6) is 0.835. The van der Waals surface area contributed by atoms with E-state index in [1.165, 1.54) is 0 Å². The van der Waals surface area contributed by atoms with Crippen LogP contribution in [0.2, 0.25) is 0 Å². The maximum Gasteiger partial charge on any atom is 0.283 e. The van der Waals surface area contributed by atoms with E-state index in [-0.39, 0.29) is 5.56 Å². The molecule has 0 spiro atoms. The first-order valence-electron chi connectivity index (χ1n) is 9.96. The number of para-hydroxylation sites is 1. The molecule has 2 aromatic heterocycles. The average Bonchev–Trinajstić information content (AvgIpc) is 3.46. The van der Waals surface area contributed by atoms with Crippen molar-refractivity contribution < 1.29 is 4.74 Å². The summed E-state index contributed by atoms with van der Waals surface area (Å²) in [7, 11) is 0. The molecule has 0 bridgehead atoms. The van der Waals surface area contributed by atoms with E-state index in [1.807, 2.05) is 72.2 Å². The molecule has 0 unspecified atom stereocenters. The highest BCUT2D eigenvalue weighted by molar-refractivity contribution is 5.66. The molecule has 0 aliphatic carbocycles. The zero-order chi connectivity index (χ0) is 19.8. The van der Waals surface area contributed by atoms with Gasteiger partial charge in [0.1, 0.15) is 11.0 Å². The van der Waals surface area contributed by atoms with E-state index >= 15 is 0 Å². The van der Waals surface area contributed by atoms with Crippen LogP contribution in [-0.4, -0.2) is 27.3 Å². The molecule has 29 heavy (non-hydrogen) atoms. The number of hydrogen-bond acceptors (Lipinski definition) is 4. The standard InChI is InChI=1S/C23H22N4O2/c1-2-29-18-12-10-16(11-13-18)20-15-26-22(25-20)21(19-9-6-14-24-19)23(28)27(26)17-7-4-3-5-8-17/h3-5,7-8,10-13,15,24H,2,6,9,14H2,1H3. The second-order valence-electron chi connectivity index (χ2n) is 7.09. The lowest BCUT2D eigenvalue weighted by molar-refractivity contribution is 0.340. The van der Waals surface area contributed by atoms with Crippen molar-refractivity contribution in [2.45, 2.75) is 19.8 Å². The predicted molar refractivity (Wildman–Crippen MR) is 113 cm³/mol. The smallest absolute Gasteiger partial charge is 0.283 e. The number of rotatable bonds is 4. The van der Waals surface area contributed by atoms with E-state index < -0.39 is 0 Å². The summed E-state index contributed by atoms with van der Waals surface area (Å²) >= 11 is 0. The van der Waals surface area contributed by atoms with Gasteiger partial charge in [0.05, 0.1) is 24.2 Å². The summed E-state index contributed by atoms with van der Waals surface area (Å²) in [6.45, 7) is 3.50. The number of nitrogens with zero attached hydrogens (tertiary/aromatic N) is 3. The van der Waals surface area contributed by atoms with Crippen LogP contribution < -0.4 is 20.8 Å². The third-order valence-electron chi connectivity index (χ3n) is 5.24. The minimum Gasteiger partial charge on any atom is -0.494 e. The summed E-state index contributed by atoms with van der Waals surface area (Å²) in [4.78, 5) is 18.2. The molecule has 1 aliphatic rings. The van der Waals surface area contributed by atoms with E-state index in [0.717, 1.165) is 47.8 Å². The fraction of sp³-hybridized carbons (Fsp3) is 0.217. The number of imidazole rings is 1. The Kier molecular flexibility index (Phi) is 4.31. The van der Waals surface area contributed by atoms with Crippen LogP contribution in [0.3, 0.4) is 0 Å². The van der Waals surface area contributed by atoms with Gasteiger partial charge in [0.15, 0.2) is 5.65 Å². The van der Waals surface area contributed by atoms with E-state index in [4.69, 9.17) is 9.72 Å². The lowest BCUT2D eigenvalue weighted by atomic mass is 10.1. The first-order chi connectivity index (χ1) is 14.3. The largest absolute Gasteiger partial charge is 0.494 e.